The van der Waals surface area contributed by atoms with Gasteiger partial charge in [0.2, 0.25) is 5.88 Å². The predicted molar refractivity (Wildman–Crippen MR) is 65.9 cm³/mol. The van der Waals surface area contributed by atoms with Gasteiger partial charge in [-0.25, -0.2) is 4.98 Å². The van der Waals surface area contributed by atoms with Gasteiger partial charge in [0.15, 0.2) is 0 Å². The molecule has 0 saturated heterocycles. The molecule has 0 spiro atoms. The quantitative estimate of drug-likeness (QED) is 0.912. The van der Waals surface area contributed by atoms with Gasteiger partial charge in [0.05, 0.1) is 0 Å². The van der Waals surface area contributed by atoms with Gasteiger partial charge in [0.25, 0.3) is 5.91 Å². The summed E-state index contributed by atoms with van der Waals surface area (Å²) < 4.78 is 43.0. The summed E-state index contributed by atoms with van der Waals surface area (Å²) in [5.41, 5.74) is 3.58. The lowest BCUT2D eigenvalue weighted by Crippen LogP contribution is -2.16. The molecular formula is C13H9F3N2O3. The topological polar surface area (TPSA) is 85.4 Å². The molecule has 0 saturated carbocycles. The molecule has 110 valence electrons. The number of hydrogen-bond acceptors (Lipinski definition) is 4. The third kappa shape index (κ3) is 3.41. The lowest BCUT2D eigenvalue weighted by atomic mass is 10.2. The molecule has 1 aromatic carbocycles. The largest absolute Gasteiger partial charge is 0.508 e. The molecule has 0 aliphatic rings. The molecule has 0 radical (unpaired) electrons. The Hall–Kier alpha value is -2.77. The SMILES string of the molecule is NC(=O)c1ccc(C(F)(F)F)nc1Oc1ccc(O)cc1. The van der Waals surface area contributed by atoms with Crippen molar-refractivity contribution in [3.05, 3.63) is 47.7 Å². The molecule has 2 rings (SSSR count). The Morgan fingerprint density at radius 2 is 1.76 bits per heavy atom. The molecule has 0 fully saturated rings. The summed E-state index contributed by atoms with van der Waals surface area (Å²) in [6, 6.07) is 6.70. The van der Waals surface area contributed by atoms with Crippen LogP contribution in [0.3, 0.4) is 0 Å². The molecule has 0 aliphatic carbocycles. The maximum atomic E-state index is 12.6. The molecule has 5 nitrogen and oxygen atoms in total. The number of carbonyl (C=O) groups is 1. The van der Waals surface area contributed by atoms with Crippen molar-refractivity contribution in [2.45, 2.75) is 6.18 Å². The van der Waals surface area contributed by atoms with Gasteiger partial charge in [-0.3, -0.25) is 4.79 Å². The summed E-state index contributed by atoms with van der Waals surface area (Å²) in [4.78, 5) is 14.5. The van der Waals surface area contributed by atoms with E-state index in [4.69, 9.17) is 15.6 Å². The fourth-order valence-corrected chi connectivity index (χ4v) is 1.49. The number of carbonyl (C=O) groups excluding carboxylic acids is 1. The number of benzene rings is 1. The minimum absolute atomic E-state index is 0.0468. The van der Waals surface area contributed by atoms with Crippen molar-refractivity contribution >= 4 is 5.91 Å². The van der Waals surface area contributed by atoms with E-state index >= 15 is 0 Å². The zero-order chi connectivity index (χ0) is 15.6. The van der Waals surface area contributed by atoms with Crippen LogP contribution < -0.4 is 10.5 Å². The van der Waals surface area contributed by atoms with Crippen LogP contribution in [0.2, 0.25) is 0 Å². The average Bonchev–Trinajstić information content (AvgIpc) is 2.40. The summed E-state index contributed by atoms with van der Waals surface area (Å²) in [6.45, 7) is 0. The van der Waals surface area contributed by atoms with Crippen LogP contribution in [-0.2, 0) is 6.18 Å². The molecule has 3 N–H and O–H groups in total. The fourth-order valence-electron chi connectivity index (χ4n) is 1.49. The molecule has 0 aliphatic heterocycles. The molecule has 1 heterocycles. The number of halogens is 3. The van der Waals surface area contributed by atoms with Gasteiger partial charge in [0.1, 0.15) is 22.8 Å². The lowest BCUT2D eigenvalue weighted by Gasteiger charge is -2.11. The van der Waals surface area contributed by atoms with Crippen molar-refractivity contribution in [2.24, 2.45) is 5.73 Å². The molecule has 0 bridgehead atoms. The molecule has 21 heavy (non-hydrogen) atoms. The Kier molecular flexibility index (Phi) is 3.70. The van der Waals surface area contributed by atoms with Crippen molar-refractivity contribution in [2.75, 3.05) is 0 Å². The first-order chi connectivity index (χ1) is 9.77. The van der Waals surface area contributed by atoms with Crippen LogP contribution in [0.1, 0.15) is 16.1 Å². The number of phenols is 1. The van der Waals surface area contributed by atoms with E-state index in [0.29, 0.717) is 6.07 Å². The van der Waals surface area contributed by atoms with Gasteiger partial charge in [-0.2, -0.15) is 13.2 Å². The first-order valence-corrected chi connectivity index (χ1v) is 5.62. The normalized spacial score (nSPS) is 11.2. The third-order valence-electron chi connectivity index (χ3n) is 2.47. The second-order valence-electron chi connectivity index (χ2n) is 4.01. The van der Waals surface area contributed by atoms with Crippen molar-refractivity contribution < 1.29 is 27.8 Å². The number of pyridine rings is 1. The zero-order valence-electron chi connectivity index (χ0n) is 10.4. The Labute approximate surface area is 116 Å². The van der Waals surface area contributed by atoms with Gasteiger partial charge < -0.3 is 15.6 Å². The number of aromatic nitrogens is 1. The zero-order valence-corrected chi connectivity index (χ0v) is 10.4. The van der Waals surface area contributed by atoms with E-state index in [1.807, 2.05) is 0 Å². The van der Waals surface area contributed by atoms with Crippen molar-refractivity contribution in [3.8, 4) is 17.4 Å². The Morgan fingerprint density at radius 3 is 2.29 bits per heavy atom. The van der Waals surface area contributed by atoms with Crippen LogP contribution in [-0.4, -0.2) is 16.0 Å². The minimum Gasteiger partial charge on any atom is -0.508 e. The van der Waals surface area contributed by atoms with Crippen LogP contribution in [0.15, 0.2) is 36.4 Å². The first-order valence-electron chi connectivity index (χ1n) is 5.62. The first kappa shape index (κ1) is 14.6. The number of ether oxygens (including phenoxy) is 1. The lowest BCUT2D eigenvalue weighted by molar-refractivity contribution is -0.141. The molecule has 2 aromatic rings. The van der Waals surface area contributed by atoms with E-state index in [9.17, 15) is 18.0 Å². The number of hydrogen-bond donors (Lipinski definition) is 2. The van der Waals surface area contributed by atoms with E-state index in [1.165, 1.54) is 24.3 Å². The van der Waals surface area contributed by atoms with Gasteiger partial charge in [-0.1, -0.05) is 0 Å². The molecule has 1 amide bonds. The standard InChI is InChI=1S/C13H9F3N2O3/c14-13(15,16)10-6-5-9(11(17)20)12(18-10)21-8-3-1-7(19)2-4-8/h1-6,19H,(H2,17,20). The van der Waals surface area contributed by atoms with Crippen LogP contribution in [0, 0.1) is 0 Å². The number of amides is 1. The summed E-state index contributed by atoms with van der Waals surface area (Å²) in [5.74, 6) is -1.47. The molecule has 0 atom stereocenters. The van der Waals surface area contributed by atoms with Crippen molar-refractivity contribution in [3.63, 3.8) is 0 Å². The van der Waals surface area contributed by atoms with Crippen LogP contribution in [0.4, 0.5) is 13.2 Å². The maximum Gasteiger partial charge on any atom is 0.433 e. The highest BCUT2D eigenvalue weighted by Crippen LogP contribution is 2.32. The number of aromatic hydroxyl groups is 1. The molecule has 8 heteroatoms. The average molecular weight is 298 g/mol. The van der Waals surface area contributed by atoms with E-state index in [1.54, 1.807) is 0 Å². The van der Waals surface area contributed by atoms with Crippen molar-refractivity contribution in [1.29, 1.82) is 0 Å². The number of alkyl halides is 3. The predicted octanol–water partition coefficient (Wildman–Crippen LogP) is 2.70. The van der Waals surface area contributed by atoms with E-state index < -0.39 is 23.7 Å². The van der Waals surface area contributed by atoms with E-state index in [0.717, 1.165) is 6.07 Å². The van der Waals surface area contributed by atoms with Gasteiger partial charge in [-0.05, 0) is 36.4 Å². The van der Waals surface area contributed by atoms with Gasteiger partial charge >= 0.3 is 6.18 Å². The monoisotopic (exact) mass is 298 g/mol. The van der Waals surface area contributed by atoms with Crippen LogP contribution in [0.5, 0.6) is 17.4 Å². The second kappa shape index (κ2) is 5.31. The Morgan fingerprint density at radius 1 is 1.14 bits per heavy atom. The fraction of sp³-hybridized carbons (Fsp3) is 0.0769. The Bertz CT molecular complexity index is 669. The van der Waals surface area contributed by atoms with Crippen LogP contribution in [0.25, 0.3) is 0 Å². The summed E-state index contributed by atoms with van der Waals surface area (Å²) in [7, 11) is 0. The number of nitrogens with two attached hydrogens (primary N) is 1. The number of phenolic OH excluding ortho intramolecular Hbond substituents is 1. The van der Waals surface area contributed by atoms with E-state index in [2.05, 4.69) is 4.98 Å². The summed E-state index contributed by atoms with van der Waals surface area (Å²) >= 11 is 0. The third-order valence-corrected chi connectivity index (χ3v) is 2.47. The molecule has 1 aromatic heterocycles. The van der Waals surface area contributed by atoms with Crippen molar-refractivity contribution in [1.82, 2.24) is 4.98 Å². The number of rotatable bonds is 3. The highest BCUT2D eigenvalue weighted by molar-refractivity contribution is 5.95. The Balaban J connectivity index is 2.43. The number of primary amides is 1. The van der Waals surface area contributed by atoms with Crippen LogP contribution >= 0.6 is 0 Å². The summed E-state index contributed by atoms with van der Waals surface area (Å²) in [6.07, 6.45) is -4.68. The second-order valence-corrected chi connectivity index (χ2v) is 4.01. The molecule has 0 unspecified atom stereocenters. The van der Waals surface area contributed by atoms with E-state index in [-0.39, 0.29) is 17.1 Å². The number of nitrogens with zero attached hydrogens (tertiary/aromatic N) is 1. The molecular weight excluding hydrogens is 289 g/mol. The highest BCUT2D eigenvalue weighted by Gasteiger charge is 2.33. The van der Waals surface area contributed by atoms with Gasteiger partial charge in [-0.15, -0.1) is 0 Å². The van der Waals surface area contributed by atoms with Gasteiger partial charge in [0, 0.05) is 0 Å². The smallest absolute Gasteiger partial charge is 0.433 e. The highest BCUT2D eigenvalue weighted by atomic mass is 19.4. The summed E-state index contributed by atoms with van der Waals surface area (Å²) in [5, 5.41) is 9.12. The maximum absolute atomic E-state index is 12.6. The minimum atomic E-state index is -4.68.